The number of carbonyl (C=O) groups is 1. The zero-order chi connectivity index (χ0) is 16.2. The van der Waals surface area contributed by atoms with Crippen LogP contribution < -0.4 is 5.32 Å². The molecule has 23 heavy (non-hydrogen) atoms. The summed E-state index contributed by atoms with van der Waals surface area (Å²) >= 11 is 1.66. The minimum atomic E-state index is -0.0170. The molecule has 6 heteroatoms. The van der Waals surface area contributed by atoms with E-state index in [0.717, 1.165) is 16.3 Å². The molecular weight excluding hydrogens is 308 g/mol. The zero-order valence-corrected chi connectivity index (χ0v) is 14.5. The van der Waals surface area contributed by atoms with Crippen LogP contribution in [0.5, 0.6) is 0 Å². The Morgan fingerprint density at radius 2 is 2.30 bits per heavy atom. The van der Waals surface area contributed by atoms with E-state index in [2.05, 4.69) is 22.4 Å². The second-order valence-electron chi connectivity index (χ2n) is 6.39. The summed E-state index contributed by atoms with van der Waals surface area (Å²) in [7, 11) is 1.82. The van der Waals surface area contributed by atoms with Gasteiger partial charge in [-0.05, 0) is 43.2 Å². The fraction of sp³-hybridized carbons (Fsp3) is 0.529. The van der Waals surface area contributed by atoms with Gasteiger partial charge in [-0.15, -0.1) is 11.3 Å². The van der Waals surface area contributed by atoms with E-state index in [4.69, 9.17) is 0 Å². The monoisotopic (exact) mass is 332 g/mol. The van der Waals surface area contributed by atoms with Crippen molar-refractivity contribution in [1.82, 2.24) is 20.4 Å². The first-order chi connectivity index (χ1) is 11.1. The number of hydrogen-bond acceptors (Lipinski definition) is 3. The molecule has 1 aliphatic carbocycles. The summed E-state index contributed by atoms with van der Waals surface area (Å²) in [4.78, 5) is 15.2. The van der Waals surface area contributed by atoms with Gasteiger partial charge in [0.25, 0.3) is 0 Å². The third kappa shape index (κ3) is 3.93. The SMILES string of the molecule is CC(NC(=O)N(C)Cc1cc(-c2cccs2)n[nH]1)C1CCCC1. The predicted octanol–water partition coefficient (Wildman–Crippen LogP) is 3.86. The highest BCUT2D eigenvalue weighted by atomic mass is 32.1. The molecule has 1 unspecified atom stereocenters. The van der Waals surface area contributed by atoms with Crippen LogP contribution in [-0.2, 0) is 6.54 Å². The van der Waals surface area contributed by atoms with Crippen LogP contribution in [0.2, 0.25) is 0 Å². The Morgan fingerprint density at radius 3 is 3.00 bits per heavy atom. The summed E-state index contributed by atoms with van der Waals surface area (Å²) in [5.74, 6) is 0.630. The second kappa shape index (κ2) is 7.17. The average molecular weight is 332 g/mol. The van der Waals surface area contributed by atoms with Crippen LogP contribution in [-0.4, -0.2) is 34.2 Å². The van der Waals surface area contributed by atoms with Crippen molar-refractivity contribution < 1.29 is 4.79 Å². The smallest absolute Gasteiger partial charge is 0.317 e. The van der Waals surface area contributed by atoms with Gasteiger partial charge in [-0.3, -0.25) is 5.10 Å². The summed E-state index contributed by atoms with van der Waals surface area (Å²) < 4.78 is 0. The third-order valence-electron chi connectivity index (χ3n) is 4.62. The normalized spacial score (nSPS) is 16.4. The van der Waals surface area contributed by atoms with E-state index in [1.54, 1.807) is 16.2 Å². The number of nitrogens with one attached hydrogen (secondary N) is 2. The summed E-state index contributed by atoms with van der Waals surface area (Å²) in [6.07, 6.45) is 5.05. The molecule has 1 fully saturated rings. The Kier molecular flexibility index (Phi) is 5.00. The molecule has 5 nitrogen and oxygen atoms in total. The van der Waals surface area contributed by atoms with E-state index < -0.39 is 0 Å². The van der Waals surface area contributed by atoms with Crippen molar-refractivity contribution >= 4 is 17.4 Å². The number of urea groups is 1. The van der Waals surface area contributed by atoms with E-state index in [1.807, 2.05) is 30.6 Å². The van der Waals surface area contributed by atoms with Crippen molar-refractivity contribution in [3.05, 3.63) is 29.3 Å². The molecule has 1 saturated carbocycles. The highest BCUT2D eigenvalue weighted by Gasteiger charge is 2.23. The maximum atomic E-state index is 12.3. The molecular formula is C17H24N4OS. The van der Waals surface area contributed by atoms with Crippen LogP contribution in [0.15, 0.2) is 23.6 Å². The first-order valence-corrected chi connectivity index (χ1v) is 9.11. The number of thiophene rings is 1. The lowest BCUT2D eigenvalue weighted by Crippen LogP contribution is -2.44. The Bertz CT molecular complexity index is 631. The predicted molar refractivity (Wildman–Crippen MR) is 93.3 cm³/mol. The molecule has 2 N–H and O–H groups in total. The molecule has 2 aromatic rings. The van der Waals surface area contributed by atoms with Gasteiger partial charge in [0.1, 0.15) is 5.69 Å². The quantitative estimate of drug-likeness (QED) is 0.873. The van der Waals surface area contributed by atoms with Gasteiger partial charge in [-0.2, -0.15) is 5.10 Å². The number of nitrogens with zero attached hydrogens (tertiary/aromatic N) is 2. The lowest BCUT2D eigenvalue weighted by molar-refractivity contribution is 0.198. The first-order valence-electron chi connectivity index (χ1n) is 8.23. The number of aromatic nitrogens is 2. The highest BCUT2D eigenvalue weighted by molar-refractivity contribution is 7.13. The minimum absolute atomic E-state index is 0.0170. The Balaban J connectivity index is 1.54. The van der Waals surface area contributed by atoms with Crippen molar-refractivity contribution in [2.75, 3.05) is 7.05 Å². The van der Waals surface area contributed by atoms with Gasteiger partial charge in [0.2, 0.25) is 0 Å². The molecule has 0 aliphatic heterocycles. The number of H-pyrrole nitrogens is 1. The number of amides is 2. The summed E-state index contributed by atoms with van der Waals surface area (Å²) in [6.45, 7) is 2.65. The zero-order valence-electron chi connectivity index (χ0n) is 13.7. The number of rotatable bonds is 5. The van der Waals surface area contributed by atoms with Crippen LogP contribution in [0.25, 0.3) is 10.6 Å². The maximum Gasteiger partial charge on any atom is 0.317 e. The molecule has 2 heterocycles. The molecule has 3 rings (SSSR count). The molecule has 2 aromatic heterocycles. The van der Waals surface area contributed by atoms with Gasteiger partial charge >= 0.3 is 6.03 Å². The van der Waals surface area contributed by atoms with E-state index >= 15 is 0 Å². The van der Waals surface area contributed by atoms with E-state index in [0.29, 0.717) is 12.5 Å². The second-order valence-corrected chi connectivity index (χ2v) is 7.34. The summed E-state index contributed by atoms with van der Waals surface area (Å²) in [5, 5.41) is 12.5. The van der Waals surface area contributed by atoms with Gasteiger partial charge < -0.3 is 10.2 Å². The molecule has 0 aromatic carbocycles. The van der Waals surface area contributed by atoms with Gasteiger partial charge in [0.15, 0.2) is 0 Å². The largest absolute Gasteiger partial charge is 0.335 e. The minimum Gasteiger partial charge on any atom is -0.335 e. The van der Waals surface area contributed by atoms with Gasteiger partial charge in [-0.1, -0.05) is 18.9 Å². The molecule has 1 aliphatic rings. The molecule has 1 atom stereocenters. The number of carbonyl (C=O) groups excluding carboxylic acids is 1. The molecule has 0 radical (unpaired) electrons. The van der Waals surface area contributed by atoms with E-state index in [1.165, 1.54) is 25.7 Å². The molecule has 124 valence electrons. The van der Waals surface area contributed by atoms with Crippen LogP contribution in [0, 0.1) is 5.92 Å². The Morgan fingerprint density at radius 1 is 1.52 bits per heavy atom. The fourth-order valence-corrected chi connectivity index (χ4v) is 3.89. The standard InChI is InChI=1S/C17H24N4OS/c1-12(13-6-3-4-7-13)18-17(22)21(2)11-14-10-15(20-19-14)16-8-5-9-23-16/h5,8-10,12-13H,3-4,6-7,11H2,1-2H3,(H,18,22)(H,19,20). The van der Waals surface area contributed by atoms with Gasteiger partial charge in [0, 0.05) is 13.1 Å². The van der Waals surface area contributed by atoms with Crippen molar-refractivity contribution in [3.8, 4) is 10.6 Å². The first kappa shape index (κ1) is 16.1. The van der Waals surface area contributed by atoms with E-state index in [-0.39, 0.29) is 12.1 Å². The number of hydrogen-bond donors (Lipinski definition) is 2. The Labute approximate surface area is 141 Å². The Hall–Kier alpha value is -1.82. The van der Waals surface area contributed by atoms with Crippen LogP contribution in [0.3, 0.4) is 0 Å². The van der Waals surface area contributed by atoms with Crippen molar-refractivity contribution in [3.63, 3.8) is 0 Å². The molecule has 0 spiro atoms. The maximum absolute atomic E-state index is 12.3. The molecule has 0 saturated heterocycles. The third-order valence-corrected chi connectivity index (χ3v) is 5.51. The topological polar surface area (TPSA) is 61.0 Å². The fourth-order valence-electron chi connectivity index (χ4n) is 3.20. The lowest BCUT2D eigenvalue weighted by Gasteiger charge is -2.24. The van der Waals surface area contributed by atoms with Crippen LogP contribution >= 0.6 is 11.3 Å². The highest BCUT2D eigenvalue weighted by Crippen LogP contribution is 2.27. The molecule has 0 bridgehead atoms. The summed E-state index contributed by atoms with van der Waals surface area (Å²) in [5.41, 5.74) is 1.88. The van der Waals surface area contributed by atoms with Crippen molar-refractivity contribution in [2.24, 2.45) is 5.92 Å². The van der Waals surface area contributed by atoms with E-state index in [9.17, 15) is 4.79 Å². The van der Waals surface area contributed by atoms with Gasteiger partial charge in [-0.25, -0.2) is 4.79 Å². The summed E-state index contributed by atoms with van der Waals surface area (Å²) in [6, 6.07) is 6.30. The lowest BCUT2D eigenvalue weighted by atomic mass is 10.0. The van der Waals surface area contributed by atoms with Crippen molar-refractivity contribution in [2.45, 2.75) is 45.2 Å². The van der Waals surface area contributed by atoms with Crippen molar-refractivity contribution in [1.29, 1.82) is 0 Å². The van der Waals surface area contributed by atoms with Crippen LogP contribution in [0.4, 0.5) is 4.79 Å². The molecule has 2 amide bonds. The van der Waals surface area contributed by atoms with Gasteiger partial charge in [0.05, 0.1) is 17.1 Å². The average Bonchev–Trinajstić information content (AvgIpc) is 3.28. The van der Waals surface area contributed by atoms with Crippen LogP contribution in [0.1, 0.15) is 38.3 Å². The number of aromatic amines is 1.